The highest BCUT2D eigenvalue weighted by Gasteiger charge is 2.33. The number of fused-ring (bicyclic) bond motifs is 1. The van der Waals surface area contributed by atoms with Crippen molar-refractivity contribution in [1.29, 1.82) is 0 Å². The summed E-state index contributed by atoms with van der Waals surface area (Å²) in [7, 11) is 4.10. The van der Waals surface area contributed by atoms with Crippen molar-refractivity contribution in [2.45, 2.75) is 6.04 Å². The number of nitrogens with zero attached hydrogens (tertiary/aromatic N) is 4. The van der Waals surface area contributed by atoms with Crippen molar-refractivity contribution < 1.29 is 4.79 Å². The molecule has 0 unspecified atom stereocenters. The molecule has 1 aliphatic heterocycles. The lowest BCUT2D eigenvalue weighted by molar-refractivity contribution is 0.0401. The molecule has 4 rings (SSSR count). The highest BCUT2D eigenvalue weighted by atomic mass is 16.2. The third-order valence-electron chi connectivity index (χ3n) is 4.80. The first-order chi connectivity index (χ1) is 12.1. The Bertz CT molecular complexity index is 917. The Morgan fingerprint density at radius 1 is 1.12 bits per heavy atom. The summed E-state index contributed by atoms with van der Waals surface area (Å²) in [6, 6.07) is 14.0. The van der Waals surface area contributed by atoms with E-state index in [1.54, 1.807) is 12.4 Å². The van der Waals surface area contributed by atoms with Gasteiger partial charge in [0.25, 0.3) is 5.91 Å². The number of aromatic nitrogens is 2. The Morgan fingerprint density at radius 3 is 2.56 bits per heavy atom. The van der Waals surface area contributed by atoms with E-state index in [0.717, 1.165) is 40.8 Å². The smallest absolute Gasteiger partial charge is 0.254 e. The summed E-state index contributed by atoms with van der Waals surface area (Å²) in [5.41, 5.74) is 3.32. The molecule has 126 valence electrons. The van der Waals surface area contributed by atoms with Crippen molar-refractivity contribution in [2.24, 2.45) is 0 Å². The van der Waals surface area contributed by atoms with Crippen LogP contribution in [-0.2, 0) is 0 Å². The van der Waals surface area contributed by atoms with Gasteiger partial charge in [-0.2, -0.15) is 0 Å². The van der Waals surface area contributed by atoms with Crippen LogP contribution in [-0.4, -0.2) is 58.9 Å². The molecule has 1 amide bonds. The lowest BCUT2D eigenvalue weighted by atomic mass is 10.0. The standard InChI is InChI=1S/C20H20N4O/c1-23(2)15-12-24(13-15)20(25)17-11-19(14-7-9-21-10-8-14)22-18-6-4-3-5-16(17)18/h3-11,15H,12-13H2,1-2H3. The topological polar surface area (TPSA) is 49.3 Å². The van der Waals surface area contributed by atoms with Crippen LogP contribution in [0.15, 0.2) is 54.9 Å². The van der Waals surface area contributed by atoms with Gasteiger partial charge < -0.3 is 9.80 Å². The second-order valence-corrected chi connectivity index (χ2v) is 6.64. The largest absolute Gasteiger partial charge is 0.335 e. The number of likely N-dealkylation sites (tertiary alicyclic amines) is 1. The van der Waals surface area contributed by atoms with Gasteiger partial charge in [0.2, 0.25) is 0 Å². The molecular weight excluding hydrogens is 312 g/mol. The van der Waals surface area contributed by atoms with E-state index in [4.69, 9.17) is 4.98 Å². The van der Waals surface area contributed by atoms with Crippen LogP contribution >= 0.6 is 0 Å². The average molecular weight is 332 g/mol. The summed E-state index contributed by atoms with van der Waals surface area (Å²) >= 11 is 0. The molecule has 25 heavy (non-hydrogen) atoms. The van der Waals surface area contributed by atoms with E-state index in [9.17, 15) is 4.79 Å². The van der Waals surface area contributed by atoms with Crippen molar-refractivity contribution >= 4 is 16.8 Å². The quantitative estimate of drug-likeness (QED) is 0.740. The highest BCUT2D eigenvalue weighted by molar-refractivity contribution is 6.07. The molecule has 5 nitrogen and oxygen atoms in total. The fourth-order valence-corrected chi connectivity index (χ4v) is 3.14. The Hall–Kier alpha value is -2.79. The Kier molecular flexibility index (Phi) is 3.93. The molecular formula is C20H20N4O. The molecule has 1 saturated heterocycles. The summed E-state index contributed by atoms with van der Waals surface area (Å²) in [6.45, 7) is 1.54. The number of rotatable bonds is 3. The minimum absolute atomic E-state index is 0.0759. The number of para-hydroxylation sites is 1. The molecule has 0 atom stereocenters. The molecule has 5 heteroatoms. The first-order valence-corrected chi connectivity index (χ1v) is 8.39. The maximum Gasteiger partial charge on any atom is 0.254 e. The molecule has 0 radical (unpaired) electrons. The number of amides is 1. The molecule has 1 aromatic carbocycles. The molecule has 3 heterocycles. The highest BCUT2D eigenvalue weighted by Crippen LogP contribution is 2.27. The van der Waals surface area contributed by atoms with Gasteiger partial charge in [-0.05, 0) is 38.4 Å². The second kappa shape index (κ2) is 6.26. The van der Waals surface area contributed by atoms with Gasteiger partial charge >= 0.3 is 0 Å². The molecule has 0 N–H and O–H groups in total. The summed E-state index contributed by atoms with van der Waals surface area (Å²) in [5.74, 6) is 0.0759. The van der Waals surface area contributed by atoms with E-state index in [2.05, 4.69) is 24.0 Å². The minimum atomic E-state index is 0.0759. The molecule has 1 fully saturated rings. The molecule has 1 aliphatic rings. The lowest BCUT2D eigenvalue weighted by Crippen LogP contribution is -2.59. The van der Waals surface area contributed by atoms with Gasteiger partial charge in [-0.25, -0.2) is 4.98 Å². The predicted molar refractivity (Wildman–Crippen MR) is 98.4 cm³/mol. The maximum absolute atomic E-state index is 13.1. The zero-order valence-corrected chi connectivity index (χ0v) is 14.4. The third kappa shape index (κ3) is 2.87. The van der Waals surface area contributed by atoms with Crippen molar-refractivity contribution in [2.75, 3.05) is 27.2 Å². The van der Waals surface area contributed by atoms with E-state index < -0.39 is 0 Å². The zero-order chi connectivity index (χ0) is 17.4. The van der Waals surface area contributed by atoms with Crippen LogP contribution in [0.3, 0.4) is 0 Å². The molecule has 3 aromatic rings. The van der Waals surface area contributed by atoms with E-state index in [0.29, 0.717) is 6.04 Å². The monoisotopic (exact) mass is 332 g/mol. The summed E-state index contributed by atoms with van der Waals surface area (Å²) in [6.07, 6.45) is 3.48. The SMILES string of the molecule is CN(C)C1CN(C(=O)c2cc(-c3ccncc3)nc3ccccc23)C1. The van der Waals surface area contributed by atoms with E-state index in [1.165, 1.54) is 0 Å². The minimum Gasteiger partial charge on any atom is -0.335 e. The van der Waals surface area contributed by atoms with Gasteiger partial charge in [0.1, 0.15) is 0 Å². The molecule has 0 aliphatic carbocycles. The Morgan fingerprint density at radius 2 is 1.84 bits per heavy atom. The normalized spacial score (nSPS) is 14.8. The van der Waals surface area contributed by atoms with Crippen molar-refractivity contribution in [3.8, 4) is 11.3 Å². The van der Waals surface area contributed by atoms with E-state index in [-0.39, 0.29) is 5.91 Å². The Balaban J connectivity index is 1.76. The maximum atomic E-state index is 13.1. The van der Waals surface area contributed by atoms with Crippen molar-refractivity contribution in [1.82, 2.24) is 19.8 Å². The summed E-state index contributed by atoms with van der Waals surface area (Å²) in [4.78, 5) is 25.9. The number of hydrogen-bond donors (Lipinski definition) is 0. The second-order valence-electron chi connectivity index (χ2n) is 6.64. The Labute approximate surface area is 146 Å². The lowest BCUT2D eigenvalue weighted by Gasteiger charge is -2.42. The van der Waals surface area contributed by atoms with Crippen LogP contribution in [0, 0.1) is 0 Å². The van der Waals surface area contributed by atoms with Gasteiger partial charge in [0.05, 0.1) is 16.8 Å². The predicted octanol–water partition coefficient (Wildman–Crippen LogP) is 2.68. The number of likely N-dealkylation sites (N-methyl/N-ethyl adjacent to an activating group) is 1. The number of benzene rings is 1. The van der Waals surface area contributed by atoms with Crippen LogP contribution in [0.2, 0.25) is 0 Å². The van der Waals surface area contributed by atoms with Crippen LogP contribution in [0.5, 0.6) is 0 Å². The average Bonchev–Trinajstić information content (AvgIpc) is 2.59. The van der Waals surface area contributed by atoms with E-state index in [1.807, 2.05) is 47.4 Å². The zero-order valence-electron chi connectivity index (χ0n) is 14.4. The fourth-order valence-electron chi connectivity index (χ4n) is 3.14. The molecule has 0 spiro atoms. The first kappa shape index (κ1) is 15.7. The van der Waals surface area contributed by atoms with Crippen LogP contribution in [0.4, 0.5) is 0 Å². The third-order valence-corrected chi connectivity index (χ3v) is 4.80. The molecule has 2 aromatic heterocycles. The van der Waals surface area contributed by atoms with Gasteiger partial charge in [-0.3, -0.25) is 9.78 Å². The van der Waals surface area contributed by atoms with Gasteiger partial charge in [0.15, 0.2) is 0 Å². The van der Waals surface area contributed by atoms with E-state index >= 15 is 0 Å². The molecule has 0 bridgehead atoms. The van der Waals surface area contributed by atoms with Crippen molar-refractivity contribution in [3.05, 3.63) is 60.4 Å². The summed E-state index contributed by atoms with van der Waals surface area (Å²) < 4.78 is 0. The van der Waals surface area contributed by atoms with Crippen LogP contribution in [0.25, 0.3) is 22.2 Å². The number of hydrogen-bond acceptors (Lipinski definition) is 4. The number of carbonyl (C=O) groups excluding carboxylic acids is 1. The summed E-state index contributed by atoms with van der Waals surface area (Å²) in [5, 5.41) is 0.901. The van der Waals surface area contributed by atoms with Gasteiger partial charge in [-0.15, -0.1) is 0 Å². The fraction of sp³-hybridized carbons (Fsp3) is 0.250. The number of pyridine rings is 2. The number of carbonyl (C=O) groups is 1. The van der Waals surface area contributed by atoms with Crippen LogP contribution in [0.1, 0.15) is 10.4 Å². The van der Waals surface area contributed by atoms with Gasteiger partial charge in [0, 0.05) is 42.5 Å². The first-order valence-electron chi connectivity index (χ1n) is 8.39. The van der Waals surface area contributed by atoms with Crippen LogP contribution < -0.4 is 0 Å². The van der Waals surface area contributed by atoms with Crippen molar-refractivity contribution in [3.63, 3.8) is 0 Å². The van der Waals surface area contributed by atoms with Gasteiger partial charge in [-0.1, -0.05) is 18.2 Å². The molecule has 0 saturated carbocycles.